The normalized spacial score (nSPS) is 20.1. The monoisotopic (exact) mass is 240 g/mol. The molecule has 1 aliphatic rings. The van der Waals surface area contributed by atoms with E-state index >= 15 is 0 Å². The van der Waals surface area contributed by atoms with Gasteiger partial charge in [0.15, 0.2) is 0 Å². The van der Waals surface area contributed by atoms with Crippen molar-refractivity contribution < 1.29 is 9.90 Å². The summed E-state index contributed by atoms with van der Waals surface area (Å²) in [5, 5.41) is 9.15. The molecule has 4 nitrogen and oxygen atoms in total. The molecule has 0 aliphatic carbocycles. The summed E-state index contributed by atoms with van der Waals surface area (Å²) in [6.07, 6.45) is 3.64. The molecule has 0 amide bonds. The number of anilines is 1. The number of carboxylic acid groups (broad SMARTS) is 1. The molecule has 16 heavy (non-hydrogen) atoms. The maximum absolute atomic E-state index is 10.9. The first-order chi connectivity index (χ1) is 7.59. The van der Waals surface area contributed by atoms with Gasteiger partial charge in [0, 0.05) is 18.8 Å². The van der Waals surface area contributed by atoms with E-state index in [0.29, 0.717) is 11.9 Å². The van der Waals surface area contributed by atoms with Crippen LogP contribution in [0.15, 0.2) is 12.3 Å². The lowest BCUT2D eigenvalue weighted by Gasteiger charge is -2.22. The van der Waals surface area contributed by atoms with E-state index < -0.39 is 5.97 Å². The molecule has 1 saturated heterocycles. The van der Waals surface area contributed by atoms with Crippen molar-refractivity contribution in [2.75, 3.05) is 11.4 Å². The summed E-state index contributed by atoms with van der Waals surface area (Å²) in [5.41, 5.74) is 0.116. The summed E-state index contributed by atoms with van der Waals surface area (Å²) in [4.78, 5) is 17.2. The second kappa shape index (κ2) is 4.29. The van der Waals surface area contributed by atoms with E-state index in [0.717, 1.165) is 19.4 Å². The fourth-order valence-electron chi connectivity index (χ4n) is 2.02. The van der Waals surface area contributed by atoms with Crippen molar-refractivity contribution in [1.82, 2.24) is 4.98 Å². The van der Waals surface area contributed by atoms with Gasteiger partial charge >= 0.3 is 5.97 Å². The van der Waals surface area contributed by atoms with Crippen molar-refractivity contribution in [3.63, 3.8) is 0 Å². The molecule has 1 fully saturated rings. The minimum atomic E-state index is -1.01. The fourth-order valence-corrected chi connectivity index (χ4v) is 2.21. The molecule has 1 aromatic heterocycles. The summed E-state index contributed by atoms with van der Waals surface area (Å²) in [7, 11) is 0. The molecule has 0 aromatic carbocycles. The number of halogens is 1. The van der Waals surface area contributed by atoms with Crippen LogP contribution in [0, 0.1) is 0 Å². The van der Waals surface area contributed by atoms with Gasteiger partial charge in [-0.2, -0.15) is 0 Å². The highest BCUT2D eigenvalue weighted by atomic mass is 35.5. The van der Waals surface area contributed by atoms with E-state index in [1.165, 1.54) is 6.20 Å². The zero-order chi connectivity index (χ0) is 11.7. The Morgan fingerprint density at radius 1 is 1.69 bits per heavy atom. The number of hydrogen-bond acceptors (Lipinski definition) is 3. The summed E-state index contributed by atoms with van der Waals surface area (Å²) >= 11 is 5.77. The molecule has 1 unspecified atom stereocenters. The maximum atomic E-state index is 10.9. The van der Waals surface area contributed by atoms with E-state index in [1.54, 1.807) is 6.07 Å². The third-order valence-corrected chi connectivity index (χ3v) is 3.22. The third-order valence-electron chi connectivity index (χ3n) is 2.92. The van der Waals surface area contributed by atoms with Crippen LogP contribution in [-0.4, -0.2) is 28.6 Å². The Morgan fingerprint density at radius 2 is 2.44 bits per heavy atom. The molecule has 1 N–H and O–H groups in total. The Bertz CT molecular complexity index is 422. The Balaban J connectivity index is 2.35. The van der Waals surface area contributed by atoms with E-state index in [-0.39, 0.29) is 10.6 Å². The molecule has 1 atom stereocenters. The van der Waals surface area contributed by atoms with Crippen LogP contribution < -0.4 is 4.90 Å². The Hall–Kier alpha value is -1.29. The summed E-state index contributed by atoms with van der Waals surface area (Å²) in [6.45, 7) is 3.04. The van der Waals surface area contributed by atoms with Gasteiger partial charge in [0.2, 0.25) is 0 Å². The van der Waals surface area contributed by atoms with Gasteiger partial charge < -0.3 is 10.0 Å². The van der Waals surface area contributed by atoms with Gasteiger partial charge in [-0.25, -0.2) is 9.78 Å². The van der Waals surface area contributed by atoms with Crippen molar-refractivity contribution in [2.24, 2.45) is 0 Å². The number of carbonyl (C=O) groups is 1. The minimum Gasteiger partial charge on any atom is -0.478 e. The number of pyridine rings is 1. The van der Waals surface area contributed by atoms with Crippen molar-refractivity contribution in [1.29, 1.82) is 0 Å². The number of aromatic nitrogens is 1. The smallest absolute Gasteiger partial charge is 0.337 e. The van der Waals surface area contributed by atoms with Crippen LogP contribution in [0.1, 0.15) is 30.1 Å². The zero-order valence-corrected chi connectivity index (χ0v) is 9.74. The Labute approximate surface area is 98.9 Å². The number of rotatable bonds is 2. The highest BCUT2D eigenvalue weighted by molar-refractivity contribution is 6.33. The molecule has 0 saturated carbocycles. The molecule has 5 heteroatoms. The van der Waals surface area contributed by atoms with Gasteiger partial charge in [-0.3, -0.25) is 0 Å². The Morgan fingerprint density at radius 3 is 3.00 bits per heavy atom. The molecule has 1 aromatic rings. The van der Waals surface area contributed by atoms with Gasteiger partial charge in [-0.15, -0.1) is 0 Å². The number of hydrogen-bond donors (Lipinski definition) is 1. The average molecular weight is 241 g/mol. The van der Waals surface area contributed by atoms with Gasteiger partial charge in [0.1, 0.15) is 5.82 Å². The van der Waals surface area contributed by atoms with Crippen molar-refractivity contribution in [3.8, 4) is 0 Å². The van der Waals surface area contributed by atoms with E-state index in [1.807, 2.05) is 0 Å². The van der Waals surface area contributed by atoms with Gasteiger partial charge in [-0.05, 0) is 25.8 Å². The molecule has 86 valence electrons. The molecule has 0 bridgehead atoms. The van der Waals surface area contributed by atoms with Crippen LogP contribution in [-0.2, 0) is 0 Å². The molecule has 2 rings (SSSR count). The van der Waals surface area contributed by atoms with Crippen LogP contribution >= 0.6 is 11.6 Å². The molecular formula is C11H13ClN2O2. The number of carboxylic acids is 1. The SMILES string of the molecule is CC1CCCN1c1cc(C(=O)O)c(Cl)cn1. The van der Waals surface area contributed by atoms with Crippen LogP contribution in [0.5, 0.6) is 0 Å². The minimum absolute atomic E-state index is 0.116. The molecular weight excluding hydrogens is 228 g/mol. The highest BCUT2D eigenvalue weighted by Gasteiger charge is 2.23. The first-order valence-electron chi connectivity index (χ1n) is 5.25. The third kappa shape index (κ3) is 1.97. The lowest BCUT2D eigenvalue weighted by atomic mass is 10.2. The fraction of sp³-hybridized carbons (Fsp3) is 0.455. The lowest BCUT2D eigenvalue weighted by Crippen LogP contribution is -2.27. The summed E-state index contributed by atoms with van der Waals surface area (Å²) in [6, 6.07) is 1.96. The van der Waals surface area contributed by atoms with Gasteiger partial charge in [0.05, 0.1) is 10.6 Å². The maximum Gasteiger partial charge on any atom is 0.337 e. The zero-order valence-electron chi connectivity index (χ0n) is 8.98. The van der Waals surface area contributed by atoms with Gasteiger partial charge in [0.25, 0.3) is 0 Å². The van der Waals surface area contributed by atoms with Crippen LogP contribution in [0.2, 0.25) is 5.02 Å². The largest absolute Gasteiger partial charge is 0.478 e. The highest BCUT2D eigenvalue weighted by Crippen LogP contribution is 2.26. The van der Waals surface area contributed by atoms with Gasteiger partial charge in [-0.1, -0.05) is 11.6 Å². The summed E-state index contributed by atoms with van der Waals surface area (Å²) in [5.74, 6) is -0.313. The van der Waals surface area contributed by atoms with E-state index in [4.69, 9.17) is 16.7 Å². The first-order valence-corrected chi connectivity index (χ1v) is 5.63. The molecule has 0 radical (unpaired) electrons. The predicted octanol–water partition coefficient (Wildman–Crippen LogP) is 2.42. The van der Waals surface area contributed by atoms with Crippen molar-refractivity contribution in [3.05, 3.63) is 22.8 Å². The van der Waals surface area contributed by atoms with Crippen molar-refractivity contribution in [2.45, 2.75) is 25.8 Å². The molecule has 0 spiro atoms. The number of aromatic carboxylic acids is 1. The predicted molar refractivity (Wildman–Crippen MR) is 62.2 cm³/mol. The lowest BCUT2D eigenvalue weighted by molar-refractivity contribution is 0.0697. The molecule has 1 aliphatic heterocycles. The first kappa shape index (κ1) is 11.2. The quantitative estimate of drug-likeness (QED) is 0.863. The van der Waals surface area contributed by atoms with E-state index in [9.17, 15) is 4.79 Å². The van der Waals surface area contributed by atoms with Crippen LogP contribution in [0.4, 0.5) is 5.82 Å². The Kier molecular flexibility index (Phi) is 3.01. The van der Waals surface area contributed by atoms with Crippen molar-refractivity contribution >= 4 is 23.4 Å². The summed E-state index contributed by atoms with van der Waals surface area (Å²) < 4.78 is 0. The van der Waals surface area contributed by atoms with Crippen LogP contribution in [0.3, 0.4) is 0 Å². The second-order valence-corrected chi connectivity index (χ2v) is 4.42. The molecule has 2 heterocycles. The van der Waals surface area contributed by atoms with E-state index in [2.05, 4.69) is 16.8 Å². The van der Waals surface area contributed by atoms with Crippen LogP contribution in [0.25, 0.3) is 0 Å². The number of nitrogens with zero attached hydrogens (tertiary/aromatic N) is 2. The second-order valence-electron chi connectivity index (χ2n) is 4.01. The topological polar surface area (TPSA) is 53.4 Å². The average Bonchev–Trinajstić information content (AvgIpc) is 2.65. The standard InChI is InChI=1S/C11H13ClN2O2/c1-7-3-2-4-14(7)10-5-8(11(15)16)9(12)6-13-10/h5-7H,2-4H2,1H3,(H,15,16).